The summed E-state index contributed by atoms with van der Waals surface area (Å²) >= 11 is 0. The smallest absolute Gasteiger partial charge is 0.264 e. The second-order valence-corrected chi connectivity index (χ2v) is 8.10. The maximum absolute atomic E-state index is 12.6. The number of aromatic nitrogens is 2. The van der Waals surface area contributed by atoms with Crippen molar-refractivity contribution >= 4 is 26.8 Å². The molecule has 8 heteroatoms. The van der Waals surface area contributed by atoms with Gasteiger partial charge in [0.2, 0.25) is 10.0 Å². The van der Waals surface area contributed by atoms with E-state index in [9.17, 15) is 13.2 Å². The molecule has 1 fully saturated rings. The zero-order valence-electron chi connectivity index (χ0n) is 13.4. The standard InChI is InChI=1S/C15H20N4O3S/c1-10-12-9-11(23(21,22)18(2)3)6-7-14(12)19(17-10)15(20)13-5-4-8-16-13/h6-7,9,13,16H,4-5,8H2,1-3H3. The molecule has 3 rings (SSSR count). The summed E-state index contributed by atoms with van der Waals surface area (Å²) in [7, 11) is -0.530. The number of aryl methyl sites for hydroxylation is 1. The highest BCUT2D eigenvalue weighted by atomic mass is 32.2. The first-order valence-corrected chi connectivity index (χ1v) is 8.96. The minimum Gasteiger partial charge on any atom is -0.306 e. The van der Waals surface area contributed by atoms with Gasteiger partial charge in [0.1, 0.15) is 0 Å². The zero-order valence-corrected chi connectivity index (χ0v) is 14.2. The first-order valence-electron chi connectivity index (χ1n) is 7.52. The van der Waals surface area contributed by atoms with Crippen LogP contribution in [0.4, 0.5) is 0 Å². The number of hydrogen-bond donors (Lipinski definition) is 1. The van der Waals surface area contributed by atoms with Crippen molar-refractivity contribution in [1.29, 1.82) is 0 Å². The predicted molar refractivity (Wildman–Crippen MR) is 87.0 cm³/mol. The molecule has 0 spiro atoms. The molecule has 1 unspecified atom stereocenters. The number of nitrogens with one attached hydrogen (secondary N) is 1. The van der Waals surface area contributed by atoms with E-state index in [4.69, 9.17) is 0 Å². The van der Waals surface area contributed by atoms with Crippen LogP contribution in [0.1, 0.15) is 23.3 Å². The number of fused-ring (bicyclic) bond motifs is 1. The Morgan fingerprint density at radius 2 is 2.13 bits per heavy atom. The first kappa shape index (κ1) is 16.1. The molecule has 124 valence electrons. The fourth-order valence-corrected chi connectivity index (χ4v) is 3.76. The number of carbonyl (C=O) groups excluding carboxylic acids is 1. The van der Waals surface area contributed by atoms with Crippen LogP contribution in [0.5, 0.6) is 0 Å². The van der Waals surface area contributed by atoms with E-state index in [0.29, 0.717) is 16.6 Å². The summed E-state index contributed by atoms with van der Waals surface area (Å²) in [4.78, 5) is 12.8. The van der Waals surface area contributed by atoms with Crippen molar-refractivity contribution in [3.05, 3.63) is 23.9 Å². The Balaban J connectivity index is 2.09. The van der Waals surface area contributed by atoms with E-state index in [-0.39, 0.29) is 16.8 Å². The molecular formula is C15H20N4O3S. The SMILES string of the molecule is Cc1nn(C(=O)C2CCCN2)c2ccc(S(=O)(=O)N(C)C)cc12. The van der Waals surface area contributed by atoms with E-state index in [1.54, 1.807) is 19.1 Å². The lowest BCUT2D eigenvalue weighted by molar-refractivity contribution is 0.0859. The van der Waals surface area contributed by atoms with Gasteiger partial charge in [-0.3, -0.25) is 4.79 Å². The van der Waals surface area contributed by atoms with Gasteiger partial charge in [0.05, 0.1) is 22.1 Å². The second kappa shape index (κ2) is 5.70. The number of sulfonamides is 1. The molecule has 1 aliphatic heterocycles. The van der Waals surface area contributed by atoms with E-state index in [2.05, 4.69) is 10.4 Å². The number of nitrogens with zero attached hydrogens (tertiary/aromatic N) is 3. The van der Waals surface area contributed by atoms with E-state index >= 15 is 0 Å². The molecule has 1 aromatic carbocycles. The topological polar surface area (TPSA) is 84.3 Å². The molecule has 7 nitrogen and oxygen atoms in total. The van der Waals surface area contributed by atoms with Gasteiger partial charge in [-0.2, -0.15) is 9.78 Å². The minimum atomic E-state index is -3.51. The normalized spacial score (nSPS) is 18.9. The second-order valence-electron chi connectivity index (χ2n) is 5.95. The van der Waals surface area contributed by atoms with Crippen LogP contribution in [0.15, 0.2) is 23.1 Å². The van der Waals surface area contributed by atoms with Crippen molar-refractivity contribution in [3.63, 3.8) is 0 Å². The van der Waals surface area contributed by atoms with E-state index in [0.717, 1.165) is 19.4 Å². The van der Waals surface area contributed by atoms with E-state index in [1.165, 1.54) is 29.1 Å². The summed E-state index contributed by atoms with van der Waals surface area (Å²) in [6.07, 6.45) is 1.77. The van der Waals surface area contributed by atoms with Crippen molar-refractivity contribution in [2.24, 2.45) is 0 Å². The van der Waals surface area contributed by atoms with Crippen molar-refractivity contribution in [1.82, 2.24) is 19.4 Å². The third kappa shape index (κ3) is 2.66. The molecule has 1 N–H and O–H groups in total. The fraction of sp³-hybridized carbons (Fsp3) is 0.467. The van der Waals surface area contributed by atoms with Gasteiger partial charge in [-0.15, -0.1) is 0 Å². The number of rotatable bonds is 3. The van der Waals surface area contributed by atoms with Crippen LogP contribution in [-0.4, -0.2) is 55.1 Å². The first-order chi connectivity index (χ1) is 10.8. The molecule has 2 aromatic rings. The van der Waals surface area contributed by atoms with Crippen molar-refractivity contribution in [2.75, 3.05) is 20.6 Å². The average molecular weight is 336 g/mol. The molecule has 2 heterocycles. The molecule has 1 aromatic heterocycles. The Kier molecular flexibility index (Phi) is 3.99. The van der Waals surface area contributed by atoms with Gasteiger partial charge in [0.15, 0.2) is 0 Å². The molecule has 0 bridgehead atoms. The molecular weight excluding hydrogens is 316 g/mol. The molecule has 0 radical (unpaired) electrons. The zero-order chi connectivity index (χ0) is 16.8. The summed E-state index contributed by atoms with van der Waals surface area (Å²) in [6, 6.07) is 4.53. The number of hydrogen-bond acceptors (Lipinski definition) is 5. The average Bonchev–Trinajstić information content (AvgIpc) is 3.15. The highest BCUT2D eigenvalue weighted by Gasteiger charge is 2.26. The van der Waals surface area contributed by atoms with Gasteiger partial charge in [-0.25, -0.2) is 12.7 Å². The third-order valence-electron chi connectivity index (χ3n) is 4.18. The quantitative estimate of drug-likeness (QED) is 0.903. The molecule has 1 atom stereocenters. The third-order valence-corrected chi connectivity index (χ3v) is 5.99. The molecule has 1 saturated heterocycles. The van der Waals surface area contributed by atoms with Crippen LogP contribution >= 0.6 is 0 Å². The van der Waals surface area contributed by atoms with Gasteiger partial charge in [-0.05, 0) is 44.5 Å². The molecule has 0 saturated carbocycles. The van der Waals surface area contributed by atoms with Gasteiger partial charge in [0.25, 0.3) is 5.91 Å². The number of benzene rings is 1. The highest BCUT2D eigenvalue weighted by molar-refractivity contribution is 7.89. The lowest BCUT2D eigenvalue weighted by Gasteiger charge is -2.12. The predicted octanol–water partition coefficient (Wildman–Crippen LogP) is 0.987. The minimum absolute atomic E-state index is 0.0937. The van der Waals surface area contributed by atoms with Gasteiger partial charge < -0.3 is 5.32 Å². The largest absolute Gasteiger partial charge is 0.306 e. The van der Waals surface area contributed by atoms with Gasteiger partial charge >= 0.3 is 0 Å². The summed E-state index contributed by atoms with van der Waals surface area (Å²) in [5.41, 5.74) is 1.28. The van der Waals surface area contributed by atoms with Gasteiger partial charge in [-0.1, -0.05) is 0 Å². The van der Waals surface area contributed by atoms with Gasteiger partial charge in [0, 0.05) is 19.5 Å². The van der Waals surface area contributed by atoms with E-state index < -0.39 is 10.0 Å². The fourth-order valence-electron chi connectivity index (χ4n) is 2.83. The van der Waals surface area contributed by atoms with Crippen molar-refractivity contribution < 1.29 is 13.2 Å². The molecule has 23 heavy (non-hydrogen) atoms. The van der Waals surface area contributed by atoms with Crippen LogP contribution in [0.2, 0.25) is 0 Å². The Morgan fingerprint density at radius 3 is 2.74 bits per heavy atom. The lowest BCUT2D eigenvalue weighted by atomic mass is 10.2. The Labute approximate surface area is 135 Å². The van der Waals surface area contributed by atoms with Crippen LogP contribution in [0.3, 0.4) is 0 Å². The molecule has 1 aliphatic rings. The monoisotopic (exact) mass is 336 g/mol. The summed E-state index contributed by atoms with van der Waals surface area (Å²) < 4.78 is 27.1. The van der Waals surface area contributed by atoms with Crippen LogP contribution in [-0.2, 0) is 10.0 Å². The van der Waals surface area contributed by atoms with Crippen molar-refractivity contribution in [2.45, 2.75) is 30.7 Å². The summed E-state index contributed by atoms with van der Waals surface area (Å²) in [5, 5.41) is 8.17. The Morgan fingerprint density at radius 1 is 1.39 bits per heavy atom. The molecule has 0 amide bonds. The van der Waals surface area contributed by atoms with Crippen molar-refractivity contribution in [3.8, 4) is 0 Å². The Hall–Kier alpha value is -1.77. The molecule has 0 aliphatic carbocycles. The number of carbonyl (C=O) groups is 1. The van der Waals surface area contributed by atoms with Crippen LogP contribution in [0.25, 0.3) is 10.9 Å². The maximum atomic E-state index is 12.6. The highest BCUT2D eigenvalue weighted by Crippen LogP contribution is 2.24. The summed E-state index contributed by atoms with van der Waals surface area (Å²) in [5.74, 6) is -0.0937. The lowest BCUT2D eigenvalue weighted by Crippen LogP contribution is -2.35. The van der Waals surface area contributed by atoms with Crippen LogP contribution in [0, 0.1) is 6.92 Å². The van der Waals surface area contributed by atoms with E-state index in [1.807, 2.05) is 0 Å². The maximum Gasteiger partial charge on any atom is 0.264 e. The van der Waals surface area contributed by atoms with Crippen LogP contribution < -0.4 is 5.32 Å². The summed E-state index contributed by atoms with van der Waals surface area (Å²) in [6.45, 7) is 2.61. The Bertz CT molecular complexity index is 864.